The number of carbonyl (C=O) groups excluding carboxylic acids is 1. The van der Waals surface area contributed by atoms with Crippen molar-refractivity contribution >= 4 is 54.7 Å². The zero-order valence-corrected chi connectivity index (χ0v) is 18.5. The summed E-state index contributed by atoms with van der Waals surface area (Å²) in [4.78, 5) is 17.5. The van der Waals surface area contributed by atoms with E-state index in [1.165, 1.54) is 35.6 Å². The molecule has 1 amide bonds. The van der Waals surface area contributed by atoms with Gasteiger partial charge in [-0.2, -0.15) is 9.78 Å². The maximum absolute atomic E-state index is 12.7. The lowest BCUT2D eigenvalue weighted by Crippen LogP contribution is -2.15. The van der Waals surface area contributed by atoms with Gasteiger partial charge in [0.25, 0.3) is 5.91 Å². The summed E-state index contributed by atoms with van der Waals surface area (Å²) in [5.41, 5.74) is 1.72. The molecule has 1 N–H and O–H groups in total. The van der Waals surface area contributed by atoms with Crippen molar-refractivity contribution in [3.8, 4) is 5.13 Å². The highest BCUT2D eigenvalue weighted by molar-refractivity contribution is 7.91. The zero-order chi connectivity index (χ0) is 21.5. The van der Waals surface area contributed by atoms with Gasteiger partial charge < -0.3 is 5.32 Å². The molecule has 0 aliphatic heterocycles. The number of carbonyl (C=O) groups is 1. The average Bonchev–Trinajstić information content (AvgIpc) is 3.32. The average molecular weight is 461 g/mol. The third kappa shape index (κ3) is 3.83. The maximum Gasteiger partial charge on any atom is 0.256 e. The van der Waals surface area contributed by atoms with Gasteiger partial charge in [-0.3, -0.25) is 4.79 Å². The summed E-state index contributed by atoms with van der Waals surface area (Å²) >= 11 is 7.63. The standard InChI is InChI=1S/C20H17ClN4O3S2/c1-3-30(27,28)14-9-7-13(8-10-14)19(26)22-17-11-12(2)24-25(17)20-23-18-15(21)5-4-6-16(18)29-20/h4-11H,3H2,1-2H3,(H,22,26). The van der Waals surface area contributed by atoms with E-state index < -0.39 is 9.84 Å². The van der Waals surface area contributed by atoms with Crippen molar-refractivity contribution in [3.05, 3.63) is 64.8 Å². The molecule has 0 spiro atoms. The SMILES string of the molecule is CCS(=O)(=O)c1ccc(C(=O)Nc2cc(C)nn2-c2nc3c(Cl)cccc3s2)cc1. The Morgan fingerprint density at radius 2 is 1.93 bits per heavy atom. The van der Waals surface area contributed by atoms with Gasteiger partial charge in [-0.05, 0) is 43.3 Å². The Labute approximate surface area is 182 Å². The van der Waals surface area contributed by atoms with Crippen LogP contribution in [-0.4, -0.2) is 34.8 Å². The molecule has 0 radical (unpaired) electrons. The second-order valence-corrected chi connectivity index (χ2v) is 10.2. The molecule has 0 bridgehead atoms. The van der Waals surface area contributed by atoms with Crippen LogP contribution in [0.4, 0.5) is 5.82 Å². The fraction of sp³-hybridized carbons (Fsp3) is 0.150. The molecule has 4 aromatic rings. The third-order valence-corrected chi connectivity index (χ3v) is 7.52. The quantitative estimate of drug-likeness (QED) is 0.473. The van der Waals surface area contributed by atoms with Crippen molar-refractivity contribution < 1.29 is 13.2 Å². The Bertz CT molecular complexity index is 1360. The number of rotatable bonds is 5. The van der Waals surface area contributed by atoms with Crippen LogP contribution in [0.1, 0.15) is 23.0 Å². The Kier molecular flexibility index (Phi) is 5.35. The van der Waals surface area contributed by atoms with Crippen molar-refractivity contribution in [1.82, 2.24) is 14.8 Å². The Morgan fingerprint density at radius 3 is 2.60 bits per heavy atom. The molecule has 0 saturated carbocycles. The van der Waals surface area contributed by atoms with Crippen LogP contribution < -0.4 is 5.32 Å². The number of hydrogen-bond acceptors (Lipinski definition) is 6. The summed E-state index contributed by atoms with van der Waals surface area (Å²) < 4.78 is 26.4. The minimum Gasteiger partial charge on any atom is -0.306 e. The molecule has 0 fully saturated rings. The monoisotopic (exact) mass is 460 g/mol. The van der Waals surface area contributed by atoms with Gasteiger partial charge >= 0.3 is 0 Å². The molecule has 0 saturated heterocycles. The molecule has 0 atom stereocenters. The first kappa shape index (κ1) is 20.5. The number of nitrogens with one attached hydrogen (secondary N) is 1. The zero-order valence-electron chi connectivity index (χ0n) is 16.1. The molecule has 2 aromatic heterocycles. The van der Waals surface area contributed by atoms with E-state index in [4.69, 9.17) is 11.6 Å². The molecular weight excluding hydrogens is 444 g/mol. The molecule has 10 heteroatoms. The molecular formula is C20H17ClN4O3S2. The number of aromatic nitrogens is 3. The summed E-state index contributed by atoms with van der Waals surface area (Å²) in [5, 5.41) is 8.38. The van der Waals surface area contributed by atoms with E-state index in [9.17, 15) is 13.2 Å². The number of para-hydroxylation sites is 1. The van der Waals surface area contributed by atoms with Crippen molar-refractivity contribution in [1.29, 1.82) is 0 Å². The Hall–Kier alpha value is -2.75. The van der Waals surface area contributed by atoms with Gasteiger partial charge in [0.1, 0.15) is 11.3 Å². The number of fused-ring (bicyclic) bond motifs is 1. The lowest BCUT2D eigenvalue weighted by molar-refractivity contribution is 0.102. The summed E-state index contributed by atoms with van der Waals surface area (Å²) in [5.74, 6) is 0.0806. The number of benzene rings is 2. The lowest BCUT2D eigenvalue weighted by Gasteiger charge is -2.07. The van der Waals surface area contributed by atoms with Gasteiger partial charge in [-0.15, -0.1) is 0 Å². The van der Waals surface area contributed by atoms with E-state index in [1.54, 1.807) is 23.7 Å². The minimum absolute atomic E-state index is 0.00316. The number of halogens is 1. The van der Waals surface area contributed by atoms with E-state index in [0.717, 1.165) is 4.70 Å². The van der Waals surface area contributed by atoms with Gasteiger partial charge in [-0.1, -0.05) is 35.9 Å². The van der Waals surface area contributed by atoms with E-state index >= 15 is 0 Å². The molecule has 0 aliphatic carbocycles. The predicted octanol–water partition coefficient (Wildman–Crippen LogP) is 4.49. The second-order valence-electron chi connectivity index (χ2n) is 6.55. The number of aryl methyl sites for hydroxylation is 1. The summed E-state index contributed by atoms with van der Waals surface area (Å²) in [6.45, 7) is 3.39. The Balaban J connectivity index is 1.64. The second kappa shape index (κ2) is 7.82. The van der Waals surface area contributed by atoms with Crippen LogP contribution in [0, 0.1) is 6.92 Å². The predicted molar refractivity (Wildman–Crippen MR) is 119 cm³/mol. The van der Waals surface area contributed by atoms with Crippen LogP contribution >= 0.6 is 22.9 Å². The van der Waals surface area contributed by atoms with Crippen molar-refractivity contribution in [2.45, 2.75) is 18.7 Å². The van der Waals surface area contributed by atoms with Crippen LogP contribution in [0.25, 0.3) is 15.3 Å². The van der Waals surface area contributed by atoms with Gasteiger partial charge in [0.15, 0.2) is 9.84 Å². The largest absolute Gasteiger partial charge is 0.306 e. The van der Waals surface area contributed by atoms with Gasteiger partial charge in [0.05, 0.1) is 26.1 Å². The fourth-order valence-electron chi connectivity index (χ4n) is 2.90. The van der Waals surface area contributed by atoms with Gasteiger partial charge in [-0.25, -0.2) is 13.4 Å². The van der Waals surface area contributed by atoms with Crippen LogP contribution in [-0.2, 0) is 9.84 Å². The van der Waals surface area contributed by atoms with E-state index in [1.807, 2.05) is 19.1 Å². The molecule has 0 unspecified atom stereocenters. The lowest BCUT2D eigenvalue weighted by atomic mass is 10.2. The number of anilines is 1. The number of sulfone groups is 1. The highest BCUT2D eigenvalue weighted by Gasteiger charge is 2.17. The molecule has 0 aliphatic rings. The third-order valence-electron chi connectivity index (χ3n) is 4.47. The van der Waals surface area contributed by atoms with Crippen LogP contribution in [0.5, 0.6) is 0 Å². The maximum atomic E-state index is 12.7. The molecule has 30 heavy (non-hydrogen) atoms. The molecule has 154 valence electrons. The first-order valence-electron chi connectivity index (χ1n) is 9.05. The molecule has 7 nitrogen and oxygen atoms in total. The highest BCUT2D eigenvalue weighted by Crippen LogP contribution is 2.31. The van der Waals surface area contributed by atoms with E-state index in [0.29, 0.717) is 32.7 Å². The van der Waals surface area contributed by atoms with Gasteiger partial charge in [0.2, 0.25) is 5.13 Å². The summed E-state index contributed by atoms with van der Waals surface area (Å²) in [6, 6.07) is 13.1. The van der Waals surface area contributed by atoms with Crippen molar-refractivity contribution in [3.63, 3.8) is 0 Å². The summed E-state index contributed by atoms with van der Waals surface area (Å²) in [7, 11) is -3.32. The molecule has 2 aromatic carbocycles. The van der Waals surface area contributed by atoms with Crippen LogP contribution in [0.15, 0.2) is 53.4 Å². The normalized spacial score (nSPS) is 11.7. The first-order chi connectivity index (χ1) is 14.3. The summed E-state index contributed by atoms with van der Waals surface area (Å²) in [6.07, 6.45) is 0. The smallest absolute Gasteiger partial charge is 0.256 e. The number of hydrogen-bond donors (Lipinski definition) is 1. The van der Waals surface area contributed by atoms with Crippen LogP contribution in [0.2, 0.25) is 5.02 Å². The van der Waals surface area contributed by atoms with Crippen LogP contribution in [0.3, 0.4) is 0 Å². The van der Waals surface area contributed by atoms with Crippen molar-refractivity contribution in [2.24, 2.45) is 0 Å². The highest BCUT2D eigenvalue weighted by atomic mass is 35.5. The minimum atomic E-state index is -3.32. The van der Waals surface area contributed by atoms with E-state index in [2.05, 4.69) is 15.4 Å². The number of thiazole rings is 1. The first-order valence-corrected chi connectivity index (χ1v) is 11.9. The Morgan fingerprint density at radius 1 is 1.20 bits per heavy atom. The molecule has 4 rings (SSSR count). The van der Waals surface area contributed by atoms with Crippen molar-refractivity contribution in [2.75, 3.05) is 11.1 Å². The topological polar surface area (TPSA) is 94.0 Å². The fourth-order valence-corrected chi connectivity index (χ4v) is 5.01. The van der Waals surface area contributed by atoms with E-state index in [-0.39, 0.29) is 16.6 Å². The number of amides is 1. The molecule has 2 heterocycles. The number of nitrogens with zero attached hydrogens (tertiary/aromatic N) is 3. The van der Waals surface area contributed by atoms with Gasteiger partial charge in [0, 0.05) is 11.6 Å².